The second-order valence-electron chi connectivity index (χ2n) is 8.71. The van der Waals surface area contributed by atoms with Crippen molar-refractivity contribution in [1.29, 1.82) is 0 Å². The first-order valence-electron chi connectivity index (χ1n) is 11.7. The number of rotatable bonds is 7. The predicted octanol–water partition coefficient (Wildman–Crippen LogP) is 1.98. The van der Waals surface area contributed by atoms with Gasteiger partial charge >= 0.3 is 17.9 Å². The van der Waals surface area contributed by atoms with Gasteiger partial charge < -0.3 is 18.9 Å². The monoisotopic (exact) mass is 665 g/mol. The van der Waals surface area contributed by atoms with Crippen LogP contribution >= 0.6 is 22.6 Å². The minimum Gasteiger partial charge on any atom is -0.463 e. The first-order valence-corrected chi connectivity index (χ1v) is 12.8. The number of carbonyl (C=O) groups is 3. The fourth-order valence-corrected chi connectivity index (χ4v) is 5.08. The third-order valence-corrected chi connectivity index (χ3v) is 6.70. The van der Waals surface area contributed by atoms with Crippen molar-refractivity contribution in [1.82, 2.24) is 29.1 Å². The lowest BCUT2D eigenvalue weighted by Gasteiger charge is -2.23. The molecule has 0 saturated carbocycles. The summed E-state index contributed by atoms with van der Waals surface area (Å²) in [5.41, 5.74) is 1.49. The van der Waals surface area contributed by atoms with Crippen LogP contribution in [-0.4, -0.2) is 76.9 Å². The number of nitro groups is 1. The fraction of sp³-hybridized carbons (Fsp3) is 0.348. The molecule has 0 bridgehead atoms. The van der Waals surface area contributed by atoms with E-state index in [9.17, 15) is 24.5 Å². The van der Waals surface area contributed by atoms with E-state index < -0.39 is 47.4 Å². The maximum Gasteiger partial charge on any atom is 0.303 e. The zero-order chi connectivity index (χ0) is 28.7. The molecule has 1 aliphatic rings. The van der Waals surface area contributed by atoms with Crippen molar-refractivity contribution in [2.75, 3.05) is 6.61 Å². The quantitative estimate of drug-likeness (QED) is 0.0696. The molecule has 0 unspecified atom stereocenters. The maximum absolute atomic E-state index is 12.0. The van der Waals surface area contributed by atoms with Crippen LogP contribution in [0.5, 0.6) is 0 Å². The molecule has 208 valence electrons. The molecule has 0 spiro atoms. The summed E-state index contributed by atoms with van der Waals surface area (Å²) in [4.78, 5) is 55.0. The van der Waals surface area contributed by atoms with Gasteiger partial charge in [-0.2, -0.15) is 0 Å². The van der Waals surface area contributed by atoms with Gasteiger partial charge in [-0.25, -0.2) is 9.97 Å². The molecular formula is C23H20IN7O9. The summed E-state index contributed by atoms with van der Waals surface area (Å²) < 4.78 is 25.7. The lowest BCUT2D eigenvalue weighted by Crippen LogP contribution is -2.40. The second-order valence-corrected chi connectivity index (χ2v) is 9.67. The SMILES string of the molecule is CC(=O)OC[C@H]1O[C@@H](n2cnc3c2nc(I)n2c(-c4ccc([N+](=O)[O-])cc4)nnc32)[C@H](OC(C)=O)[C@@H]1OC(C)=O. The summed E-state index contributed by atoms with van der Waals surface area (Å²) in [5.74, 6) is -1.47. The zero-order valence-electron chi connectivity index (χ0n) is 21.1. The Morgan fingerprint density at radius 2 is 1.70 bits per heavy atom. The Bertz CT molecular complexity index is 1650. The van der Waals surface area contributed by atoms with Crippen molar-refractivity contribution in [3.63, 3.8) is 0 Å². The summed E-state index contributed by atoms with van der Waals surface area (Å²) in [6.45, 7) is 3.36. The number of benzene rings is 1. The van der Waals surface area contributed by atoms with E-state index in [0.29, 0.717) is 32.0 Å². The number of ether oxygens (including phenoxy) is 4. The Hall–Kier alpha value is -4.26. The Morgan fingerprint density at radius 3 is 2.33 bits per heavy atom. The van der Waals surface area contributed by atoms with Gasteiger partial charge in [0.05, 0.1) is 11.3 Å². The molecule has 1 aromatic carbocycles. The summed E-state index contributed by atoms with van der Waals surface area (Å²) in [7, 11) is 0. The average molecular weight is 665 g/mol. The molecule has 17 heteroatoms. The number of nitrogens with zero attached hydrogens (tertiary/aromatic N) is 7. The van der Waals surface area contributed by atoms with Crippen molar-refractivity contribution in [2.24, 2.45) is 0 Å². The Kier molecular flexibility index (Phi) is 7.32. The molecule has 5 rings (SSSR count). The lowest BCUT2D eigenvalue weighted by molar-refractivity contribution is -0.384. The number of nitro benzene ring substituents is 1. The number of imidazole rings is 1. The van der Waals surface area contributed by atoms with Crippen LogP contribution in [0.1, 0.15) is 27.0 Å². The lowest BCUT2D eigenvalue weighted by atomic mass is 10.1. The average Bonchev–Trinajstić information content (AvgIpc) is 3.59. The maximum atomic E-state index is 12.0. The molecule has 0 aliphatic carbocycles. The fourth-order valence-electron chi connectivity index (χ4n) is 4.39. The topological polar surface area (TPSA) is 192 Å². The largest absolute Gasteiger partial charge is 0.463 e. The minimum atomic E-state index is -1.12. The third kappa shape index (κ3) is 5.04. The van der Waals surface area contributed by atoms with Crippen molar-refractivity contribution >= 4 is 63.0 Å². The number of fused-ring (bicyclic) bond motifs is 3. The number of hydrogen-bond donors (Lipinski definition) is 0. The number of aromatic nitrogens is 6. The molecule has 0 radical (unpaired) electrons. The molecule has 40 heavy (non-hydrogen) atoms. The van der Waals surface area contributed by atoms with Crippen molar-refractivity contribution in [3.05, 3.63) is 44.5 Å². The van der Waals surface area contributed by atoms with Gasteiger partial charge in [0.2, 0.25) is 0 Å². The van der Waals surface area contributed by atoms with Gasteiger partial charge in [0.25, 0.3) is 5.69 Å². The zero-order valence-corrected chi connectivity index (χ0v) is 23.2. The Balaban J connectivity index is 1.58. The van der Waals surface area contributed by atoms with Crippen molar-refractivity contribution in [3.8, 4) is 11.4 Å². The Morgan fingerprint density at radius 1 is 1.02 bits per heavy atom. The van der Waals surface area contributed by atoms with Gasteiger partial charge in [-0.05, 0) is 12.1 Å². The predicted molar refractivity (Wildman–Crippen MR) is 141 cm³/mol. The number of hydrogen-bond acceptors (Lipinski definition) is 13. The normalized spacial score (nSPS) is 20.5. The molecule has 3 aromatic heterocycles. The summed E-state index contributed by atoms with van der Waals surface area (Å²) in [5, 5.41) is 19.6. The molecule has 0 N–H and O–H groups in total. The highest BCUT2D eigenvalue weighted by Gasteiger charge is 2.51. The van der Waals surface area contributed by atoms with E-state index in [1.165, 1.54) is 43.8 Å². The van der Waals surface area contributed by atoms with E-state index in [0.717, 1.165) is 0 Å². The van der Waals surface area contributed by atoms with Crippen molar-refractivity contribution in [2.45, 2.75) is 45.3 Å². The van der Waals surface area contributed by atoms with E-state index in [1.54, 1.807) is 16.5 Å². The summed E-state index contributed by atoms with van der Waals surface area (Å²) >= 11 is 1.99. The molecule has 1 fully saturated rings. The van der Waals surface area contributed by atoms with Crippen LogP contribution in [0.3, 0.4) is 0 Å². The van der Waals surface area contributed by atoms with Gasteiger partial charge in [-0.3, -0.25) is 33.5 Å². The molecule has 0 amide bonds. The molecule has 16 nitrogen and oxygen atoms in total. The number of halogens is 1. The molecule has 4 aromatic rings. The summed E-state index contributed by atoms with van der Waals surface area (Å²) in [6.07, 6.45) is -2.81. The van der Waals surface area contributed by atoms with Crippen LogP contribution in [0.15, 0.2) is 30.6 Å². The molecule has 4 atom stereocenters. The molecular weight excluding hydrogens is 645 g/mol. The van der Waals surface area contributed by atoms with Crippen LogP contribution in [0.4, 0.5) is 5.69 Å². The summed E-state index contributed by atoms with van der Waals surface area (Å²) in [6, 6.07) is 5.84. The van der Waals surface area contributed by atoms with Crippen LogP contribution in [-0.2, 0) is 33.3 Å². The first kappa shape index (κ1) is 27.3. The van der Waals surface area contributed by atoms with E-state index in [2.05, 4.69) is 20.2 Å². The molecule has 4 heterocycles. The van der Waals surface area contributed by atoms with Crippen LogP contribution in [0.25, 0.3) is 28.2 Å². The van der Waals surface area contributed by atoms with Crippen LogP contribution in [0.2, 0.25) is 0 Å². The van der Waals surface area contributed by atoms with E-state index in [1.807, 2.05) is 22.6 Å². The number of carbonyl (C=O) groups excluding carboxylic acids is 3. The van der Waals surface area contributed by atoms with Gasteiger partial charge in [0.15, 0.2) is 44.9 Å². The molecule has 1 saturated heterocycles. The van der Waals surface area contributed by atoms with E-state index in [-0.39, 0.29) is 12.3 Å². The number of esters is 3. The standard InChI is InChI=1S/C23H20IN7O9/c1-10(32)37-8-15-17(38-11(2)33)18(39-12(3)34)22(40-15)29-9-25-16-20(29)26-23(24)30-19(27-28-21(16)30)13-4-6-14(7-5-13)31(35)36/h4-7,9,15,17-18,22H,8H2,1-3H3/t15-,17-,18-,22-/m1/s1. The highest BCUT2D eigenvalue weighted by Crippen LogP contribution is 2.37. The minimum absolute atomic E-state index is 0.0653. The third-order valence-electron chi connectivity index (χ3n) is 5.98. The first-order chi connectivity index (χ1) is 19.0. The van der Waals surface area contributed by atoms with Crippen molar-refractivity contribution < 1.29 is 38.3 Å². The highest BCUT2D eigenvalue weighted by molar-refractivity contribution is 14.1. The molecule has 1 aliphatic heterocycles. The van der Waals surface area contributed by atoms with Crippen LogP contribution < -0.4 is 0 Å². The van der Waals surface area contributed by atoms with E-state index >= 15 is 0 Å². The second kappa shape index (κ2) is 10.7. The van der Waals surface area contributed by atoms with Gasteiger partial charge in [-0.1, -0.05) is 0 Å². The van der Waals surface area contributed by atoms with Gasteiger partial charge in [0.1, 0.15) is 12.7 Å². The smallest absolute Gasteiger partial charge is 0.303 e. The van der Waals surface area contributed by atoms with Crippen LogP contribution in [0, 0.1) is 13.9 Å². The van der Waals surface area contributed by atoms with E-state index in [4.69, 9.17) is 18.9 Å². The van der Waals surface area contributed by atoms with Gasteiger partial charge in [-0.15, -0.1) is 10.2 Å². The highest BCUT2D eigenvalue weighted by atomic mass is 127. The number of non-ortho nitro benzene ring substituents is 1. The Labute approximate surface area is 237 Å². The van der Waals surface area contributed by atoms with Gasteiger partial charge in [0, 0.05) is 61.1 Å².